The maximum atomic E-state index is 12.1. The Kier molecular flexibility index (Phi) is 6.41. The molecule has 1 aliphatic heterocycles. The topological polar surface area (TPSA) is 85.7 Å². The van der Waals surface area contributed by atoms with E-state index in [1.165, 1.54) is 7.05 Å². The van der Waals surface area contributed by atoms with Crippen molar-refractivity contribution in [2.75, 3.05) is 50.0 Å². The number of aromatic nitrogens is 2. The highest BCUT2D eigenvalue weighted by Gasteiger charge is 2.19. The summed E-state index contributed by atoms with van der Waals surface area (Å²) in [5.74, 6) is 1.44. The molecule has 1 aliphatic rings. The fraction of sp³-hybridized carbons (Fsp3) is 0.500. The van der Waals surface area contributed by atoms with Gasteiger partial charge in [0.15, 0.2) is 0 Å². The number of para-hydroxylation sites is 2. The van der Waals surface area contributed by atoms with Crippen molar-refractivity contribution in [3.8, 4) is 5.75 Å². The van der Waals surface area contributed by atoms with Crippen LogP contribution < -0.4 is 26.6 Å². The number of hydrogen-bond acceptors (Lipinski definition) is 6. The van der Waals surface area contributed by atoms with E-state index in [4.69, 9.17) is 10.5 Å². The minimum atomic E-state index is -0.288. The number of anilines is 2. The fourth-order valence-corrected chi connectivity index (χ4v) is 3.46. The predicted molar refractivity (Wildman–Crippen MR) is 111 cm³/mol. The van der Waals surface area contributed by atoms with Crippen LogP contribution in [0.2, 0.25) is 0 Å². The molecule has 152 valence electrons. The predicted octanol–water partition coefficient (Wildman–Crippen LogP) is 0.647. The summed E-state index contributed by atoms with van der Waals surface area (Å²) in [6.07, 6.45) is 2.02. The molecule has 0 spiro atoms. The summed E-state index contributed by atoms with van der Waals surface area (Å²) < 4.78 is 8.41. The summed E-state index contributed by atoms with van der Waals surface area (Å²) in [6.45, 7) is 5.10. The van der Waals surface area contributed by atoms with Gasteiger partial charge in [0.05, 0.1) is 12.3 Å². The van der Waals surface area contributed by atoms with Gasteiger partial charge in [0.25, 0.3) is 5.56 Å². The van der Waals surface area contributed by atoms with Crippen LogP contribution in [0, 0.1) is 0 Å². The molecule has 1 fully saturated rings. The van der Waals surface area contributed by atoms with Crippen LogP contribution in [0.3, 0.4) is 0 Å². The number of nitrogens with zero attached hydrogens (tertiary/aromatic N) is 4. The Labute approximate surface area is 164 Å². The lowest BCUT2D eigenvalue weighted by Gasteiger charge is -2.36. The molecule has 0 radical (unpaired) electrons. The third-order valence-corrected chi connectivity index (χ3v) is 5.24. The maximum absolute atomic E-state index is 12.1. The van der Waals surface area contributed by atoms with Gasteiger partial charge in [-0.05, 0) is 31.5 Å². The van der Waals surface area contributed by atoms with Gasteiger partial charge in [-0.15, -0.1) is 0 Å². The summed E-state index contributed by atoms with van der Waals surface area (Å²) >= 11 is 0. The molecular weight excluding hydrogens is 358 g/mol. The van der Waals surface area contributed by atoms with Crippen molar-refractivity contribution >= 4 is 11.5 Å². The summed E-state index contributed by atoms with van der Waals surface area (Å²) in [6, 6.07) is 9.09. The van der Waals surface area contributed by atoms with Crippen LogP contribution in [0.5, 0.6) is 5.75 Å². The van der Waals surface area contributed by atoms with Crippen LogP contribution in [0.1, 0.15) is 12.8 Å². The van der Waals surface area contributed by atoms with Crippen molar-refractivity contribution in [1.82, 2.24) is 14.0 Å². The quantitative estimate of drug-likeness (QED) is 0.555. The lowest BCUT2D eigenvalue weighted by atomic mass is 10.2. The number of hydrogen-bond donors (Lipinski definition) is 1. The molecule has 0 aliphatic carbocycles. The minimum absolute atomic E-state index is 0.264. The van der Waals surface area contributed by atoms with Gasteiger partial charge in [0, 0.05) is 46.3 Å². The Morgan fingerprint density at radius 2 is 1.71 bits per heavy atom. The summed E-state index contributed by atoms with van der Waals surface area (Å²) in [7, 11) is 3.21. The van der Waals surface area contributed by atoms with Crippen LogP contribution in [0.15, 0.2) is 39.9 Å². The van der Waals surface area contributed by atoms with Crippen LogP contribution >= 0.6 is 0 Å². The summed E-state index contributed by atoms with van der Waals surface area (Å²) in [4.78, 5) is 28.6. The number of rotatable bonds is 7. The summed E-state index contributed by atoms with van der Waals surface area (Å²) in [5.41, 5.74) is 5.99. The maximum Gasteiger partial charge on any atom is 0.332 e. The third-order valence-electron chi connectivity index (χ3n) is 5.24. The van der Waals surface area contributed by atoms with Crippen LogP contribution in [-0.2, 0) is 14.1 Å². The van der Waals surface area contributed by atoms with Crippen LogP contribution in [0.25, 0.3) is 0 Å². The zero-order valence-electron chi connectivity index (χ0n) is 16.6. The van der Waals surface area contributed by atoms with Gasteiger partial charge < -0.3 is 15.4 Å². The van der Waals surface area contributed by atoms with E-state index < -0.39 is 0 Å². The highest BCUT2D eigenvalue weighted by Crippen LogP contribution is 2.20. The molecular formula is C20H29N5O3. The van der Waals surface area contributed by atoms with E-state index in [0.29, 0.717) is 18.1 Å². The number of ether oxygens (including phenoxy) is 1. The van der Waals surface area contributed by atoms with Crippen molar-refractivity contribution in [2.45, 2.75) is 12.8 Å². The zero-order valence-corrected chi connectivity index (χ0v) is 16.6. The molecule has 0 amide bonds. The first kappa shape index (κ1) is 20.0. The Morgan fingerprint density at radius 3 is 2.43 bits per heavy atom. The van der Waals surface area contributed by atoms with E-state index in [0.717, 1.165) is 55.9 Å². The van der Waals surface area contributed by atoms with Crippen molar-refractivity contribution in [3.63, 3.8) is 0 Å². The average Bonchev–Trinajstić information content (AvgIpc) is 2.71. The first-order valence-electron chi connectivity index (χ1n) is 9.69. The standard InChI is InChI=1S/C20H29N5O3/c1-22-18(15-19(26)23(2)20(22)27)25-12-10-24(11-13-25)9-5-6-14-28-17-8-4-3-7-16(17)21/h3-4,7-8,15H,5-6,9-14,21H2,1-2H3. The zero-order chi connectivity index (χ0) is 20.1. The van der Waals surface area contributed by atoms with E-state index in [1.807, 2.05) is 24.3 Å². The Bertz CT molecular complexity index is 913. The van der Waals surface area contributed by atoms with E-state index in [1.54, 1.807) is 17.7 Å². The lowest BCUT2D eigenvalue weighted by molar-refractivity contribution is 0.238. The molecule has 0 saturated carbocycles. The van der Waals surface area contributed by atoms with Gasteiger partial charge in [-0.1, -0.05) is 12.1 Å². The molecule has 2 aromatic rings. The molecule has 0 bridgehead atoms. The van der Waals surface area contributed by atoms with Crippen molar-refractivity contribution < 1.29 is 4.74 Å². The smallest absolute Gasteiger partial charge is 0.332 e. The first-order chi connectivity index (χ1) is 13.5. The number of piperazine rings is 1. The van der Waals surface area contributed by atoms with Gasteiger partial charge in [-0.3, -0.25) is 18.8 Å². The van der Waals surface area contributed by atoms with Crippen molar-refractivity contribution in [1.29, 1.82) is 0 Å². The second-order valence-corrected chi connectivity index (χ2v) is 7.16. The van der Waals surface area contributed by atoms with Crippen LogP contribution in [-0.4, -0.2) is 53.4 Å². The molecule has 1 aromatic heterocycles. The monoisotopic (exact) mass is 387 g/mol. The lowest BCUT2D eigenvalue weighted by Crippen LogP contribution is -2.49. The SMILES string of the molecule is Cn1c(N2CCN(CCCCOc3ccccc3N)CC2)cc(=O)n(C)c1=O. The number of unbranched alkanes of at least 4 members (excludes halogenated alkanes) is 1. The van der Waals surface area contributed by atoms with Gasteiger partial charge in [-0.2, -0.15) is 0 Å². The molecule has 8 nitrogen and oxygen atoms in total. The Hall–Kier alpha value is -2.74. The first-order valence-corrected chi connectivity index (χ1v) is 9.69. The molecule has 0 unspecified atom stereocenters. The largest absolute Gasteiger partial charge is 0.491 e. The molecule has 28 heavy (non-hydrogen) atoms. The number of benzene rings is 1. The molecule has 2 heterocycles. The third kappa shape index (κ3) is 4.56. The highest BCUT2D eigenvalue weighted by molar-refractivity contribution is 5.51. The van der Waals surface area contributed by atoms with Gasteiger partial charge >= 0.3 is 5.69 Å². The van der Waals surface area contributed by atoms with E-state index in [2.05, 4.69) is 9.80 Å². The van der Waals surface area contributed by atoms with E-state index >= 15 is 0 Å². The fourth-order valence-electron chi connectivity index (χ4n) is 3.46. The highest BCUT2D eigenvalue weighted by atomic mass is 16.5. The second kappa shape index (κ2) is 8.97. The molecule has 0 atom stereocenters. The molecule has 8 heteroatoms. The molecule has 3 rings (SSSR count). The number of nitrogen functional groups attached to an aromatic ring is 1. The number of nitrogens with two attached hydrogens (primary N) is 1. The molecule has 1 saturated heterocycles. The van der Waals surface area contributed by atoms with Gasteiger partial charge in [-0.25, -0.2) is 4.79 Å². The van der Waals surface area contributed by atoms with E-state index in [9.17, 15) is 9.59 Å². The second-order valence-electron chi connectivity index (χ2n) is 7.16. The molecule has 1 aromatic carbocycles. The Morgan fingerprint density at radius 1 is 1.00 bits per heavy atom. The van der Waals surface area contributed by atoms with Crippen molar-refractivity contribution in [3.05, 3.63) is 51.2 Å². The van der Waals surface area contributed by atoms with Crippen molar-refractivity contribution in [2.24, 2.45) is 14.1 Å². The van der Waals surface area contributed by atoms with Crippen LogP contribution in [0.4, 0.5) is 11.5 Å². The normalized spacial score (nSPS) is 15.0. The van der Waals surface area contributed by atoms with Gasteiger partial charge in [0.1, 0.15) is 11.6 Å². The minimum Gasteiger partial charge on any atom is -0.491 e. The molecule has 2 N–H and O–H groups in total. The average molecular weight is 387 g/mol. The van der Waals surface area contributed by atoms with E-state index in [-0.39, 0.29) is 11.2 Å². The Balaban J connectivity index is 1.42. The van der Waals surface area contributed by atoms with Gasteiger partial charge in [0.2, 0.25) is 0 Å². The summed E-state index contributed by atoms with van der Waals surface area (Å²) in [5, 5.41) is 0.